The molecule has 1 heterocycles. The number of hydrogen-bond acceptors (Lipinski definition) is 6. The number of nitrogens with zero attached hydrogens (tertiary/aromatic N) is 1. The Bertz CT molecular complexity index is 1240. The van der Waals surface area contributed by atoms with Gasteiger partial charge in [0, 0.05) is 18.0 Å². The van der Waals surface area contributed by atoms with E-state index < -0.39 is 5.97 Å². The normalized spacial score (nSPS) is 13.5. The van der Waals surface area contributed by atoms with Crippen molar-refractivity contribution in [1.82, 2.24) is 10.3 Å². The Morgan fingerprint density at radius 3 is 2.43 bits per heavy atom. The average Bonchev–Trinajstić information content (AvgIpc) is 3.43. The summed E-state index contributed by atoms with van der Waals surface area (Å²) < 4.78 is 11.0. The Hall–Kier alpha value is -3.39. The zero-order valence-corrected chi connectivity index (χ0v) is 21.4. The molecule has 0 spiro atoms. The monoisotopic (exact) mass is 537 g/mol. The number of nitrogens with one attached hydrogen (secondary N) is 1. The second-order valence-electron chi connectivity index (χ2n) is 8.50. The van der Waals surface area contributed by atoms with Crippen LogP contribution in [0.2, 0.25) is 0 Å². The summed E-state index contributed by atoms with van der Waals surface area (Å²) in [6.45, 7) is 0.338. The third kappa shape index (κ3) is 5.17. The molecular weight excluding hydrogens is 510 g/mol. The zero-order valence-electron chi connectivity index (χ0n) is 19.8. The smallest absolute Gasteiger partial charge is 0.342 e. The molecule has 0 saturated heterocycles. The maximum atomic E-state index is 12.6. The van der Waals surface area contributed by atoms with Gasteiger partial charge in [-0.25, -0.2) is 4.79 Å². The van der Waals surface area contributed by atoms with Gasteiger partial charge in [-0.05, 0) is 46.5 Å². The van der Waals surface area contributed by atoms with Gasteiger partial charge in [0.1, 0.15) is 11.3 Å². The summed E-state index contributed by atoms with van der Waals surface area (Å²) in [6.07, 6.45) is 4.41. The predicted molar refractivity (Wildman–Crippen MR) is 138 cm³/mol. The van der Waals surface area contributed by atoms with Crippen molar-refractivity contribution in [2.75, 3.05) is 20.0 Å². The summed E-state index contributed by atoms with van der Waals surface area (Å²) in [5.74, 6) is 0.0779. The van der Waals surface area contributed by atoms with E-state index in [4.69, 9.17) is 20.2 Å². The van der Waals surface area contributed by atoms with E-state index in [1.807, 2.05) is 30.3 Å². The number of hydrogen-bond donors (Lipinski definition) is 2. The first-order chi connectivity index (χ1) is 16.9. The van der Waals surface area contributed by atoms with Gasteiger partial charge in [0.15, 0.2) is 0 Å². The molecule has 8 heteroatoms. The van der Waals surface area contributed by atoms with Crippen LogP contribution in [0.4, 0.5) is 5.69 Å². The molecule has 1 amide bonds. The number of rotatable bonds is 7. The Kier molecular flexibility index (Phi) is 7.70. The molecule has 3 aromatic rings. The van der Waals surface area contributed by atoms with E-state index in [1.165, 1.54) is 14.2 Å². The number of esters is 1. The fraction of sp³-hybridized carbons (Fsp3) is 0.296. The van der Waals surface area contributed by atoms with E-state index in [0.29, 0.717) is 39.6 Å². The van der Waals surface area contributed by atoms with Crippen molar-refractivity contribution in [3.63, 3.8) is 0 Å². The summed E-state index contributed by atoms with van der Waals surface area (Å²) in [5.41, 5.74) is 10.5. The van der Waals surface area contributed by atoms with Crippen LogP contribution in [-0.2, 0) is 11.3 Å². The van der Waals surface area contributed by atoms with Crippen LogP contribution < -0.4 is 15.8 Å². The molecule has 0 unspecified atom stereocenters. The summed E-state index contributed by atoms with van der Waals surface area (Å²) in [4.78, 5) is 30.1. The quantitative estimate of drug-likeness (QED) is 0.387. The molecule has 2 aromatic carbocycles. The minimum atomic E-state index is -0.531. The molecule has 1 aromatic heterocycles. The van der Waals surface area contributed by atoms with Crippen LogP contribution in [0, 0.1) is 0 Å². The molecule has 1 aliphatic carbocycles. The fourth-order valence-electron chi connectivity index (χ4n) is 4.48. The van der Waals surface area contributed by atoms with Gasteiger partial charge in [-0.3, -0.25) is 9.78 Å². The number of pyridine rings is 1. The van der Waals surface area contributed by atoms with Crippen molar-refractivity contribution in [3.8, 4) is 17.0 Å². The van der Waals surface area contributed by atoms with Crippen LogP contribution in [0.25, 0.3) is 11.3 Å². The minimum absolute atomic E-state index is 0.219. The van der Waals surface area contributed by atoms with Crippen LogP contribution in [0.3, 0.4) is 0 Å². The Labute approximate surface area is 213 Å². The first-order valence-corrected chi connectivity index (χ1v) is 12.3. The number of amides is 1. The molecule has 182 valence electrons. The number of ether oxygens (including phenoxy) is 2. The SMILES string of the molecule is COC(=O)c1c(-c2ccc(CNC(=O)c3ccccc3OC)cc2)nc(C2CCCC2)c(Br)c1N. The molecule has 3 N–H and O–H groups in total. The third-order valence-electron chi connectivity index (χ3n) is 6.36. The molecule has 35 heavy (non-hydrogen) atoms. The molecule has 0 bridgehead atoms. The number of anilines is 1. The molecule has 0 radical (unpaired) electrons. The number of halogens is 1. The number of methoxy groups -OCH3 is 2. The first kappa shape index (κ1) is 24.7. The van der Waals surface area contributed by atoms with Crippen molar-refractivity contribution < 1.29 is 19.1 Å². The number of para-hydroxylation sites is 1. The number of carbonyl (C=O) groups excluding carboxylic acids is 2. The molecule has 1 saturated carbocycles. The van der Waals surface area contributed by atoms with E-state index in [-0.39, 0.29) is 11.5 Å². The summed E-state index contributed by atoms with van der Waals surface area (Å²) in [6, 6.07) is 14.6. The maximum absolute atomic E-state index is 12.6. The largest absolute Gasteiger partial charge is 0.496 e. The van der Waals surface area contributed by atoms with Crippen LogP contribution in [0.15, 0.2) is 53.0 Å². The van der Waals surface area contributed by atoms with Crippen molar-refractivity contribution in [1.29, 1.82) is 0 Å². The van der Waals surface area contributed by atoms with Crippen molar-refractivity contribution >= 4 is 33.5 Å². The molecule has 4 rings (SSSR count). The predicted octanol–water partition coefficient (Wildman–Crippen LogP) is 5.48. The van der Waals surface area contributed by atoms with Gasteiger partial charge >= 0.3 is 5.97 Å². The lowest BCUT2D eigenvalue weighted by Crippen LogP contribution is -2.23. The fourth-order valence-corrected chi connectivity index (χ4v) is 5.09. The highest BCUT2D eigenvalue weighted by atomic mass is 79.9. The summed E-state index contributed by atoms with van der Waals surface area (Å²) in [5, 5.41) is 2.92. The molecule has 0 aliphatic heterocycles. The highest BCUT2D eigenvalue weighted by molar-refractivity contribution is 9.10. The molecule has 7 nitrogen and oxygen atoms in total. The number of nitrogen functional groups attached to an aromatic ring is 1. The van der Waals surface area contributed by atoms with E-state index in [2.05, 4.69) is 21.2 Å². The topological polar surface area (TPSA) is 104 Å². The molecular formula is C27H28BrN3O4. The second-order valence-corrected chi connectivity index (χ2v) is 9.29. The van der Waals surface area contributed by atoms with Crippen molar-refractivity contribution in [2.45, 2.75) is 38.1 Å². The lowest BCUT2D eigenvalue weighted by atomic mass is 9.97. The van der Waals surface area contributed by atoms with Crippen LogP contribution in [-0.4, -0.2) is 31.1 Å². The molecule has 0 atom stereocenters. The van der Waals surface area contributed by atoms with Gasteiger partial charge in [-0.1, -0.05) is 49.2 Å². The van der Waals surface area contributed by atoms with Crippen LogP contribution in [0.5, 0.6) is 5.75 Å². The average molecular weight is 538 g/mol. The van der Waals surface area contributed by atoms with Crippen molar-refractivity contribution in [3.05, 3.63) is 75.4 Å². The minimum Gasteiger partial charge on any atom is -0.496 e. The number of aromatic nitrogens is 1. The van der Waals surface area contributed by atoms with Crippen molar-refractivity contribution in [2.24, 2.45) is 0 Å². The van der Waals surface area contributed by atoms with Crippen LogP contribution in [0.1, 0.15) is 63.6 Å². The standard InChI is InChI=1S/C27H28BrN3O4/c1-34-20-10-6-5-9-19(20)26(32)30-15-16-11-13-18(14-12-16)24-21(27(33)35-2)23(29)22(28)25(31-24)17-7-3-4-8-17/h5-6,9-14,17H,3-4,7-8,15H2,1-2H3,(H2,29,31)(H,30,32). The first-order valence-electron chi connectivity index (χ1n) is 11.5. The van der Waals surface area contributed by atoms with E-state index in [1.54, 1.807) is 18.2 Å². The number of benzene rings is 2. The Balaban J connectivity index is 1.60. The highest BCUT2D eigenvalue weighted by Gasteiger charge is 2.28. The highest BCUT2D eigenvalue weighted by Crippen LogP contribution is 2.42. The van der Waals surface area contributed by atoms with Crippen LogP contribution >= 0.6 is 15.9 Å². The molecule has 1 aliphatic rings. The molecule has 1 fully saturated rings. The van der Waals surface area contributed by atoms with Gasteiger partial charge in [0.05, 0.1) is 41.3 Å². The lowest BCUT2D eigenvalue weighted by Gasteiger charge is -2.18. The van der Waals surface area contributed by atoms with Gasteiger partial charge < -0.3 is 20.5 Å². The Morgan fingerprint density at radius 1 is 1.09 bits per heavy atom. The van der Waals surface area contributed by atoms with Gasteiger partial charge in [-0.15, -0.1) is 0 Å². The third-order valence-corrected chi connectivity index (χ3v) is 7.20. The maximum Gasteiger partial charge on any atom is 0.342 e. The lowest BCUT2D eigenvalue weighted by molar-refractivity contribution is 0.0602. The zero-order chi connectivity index (χ0) is 24.9. The van der Waals surface area contributed by atoms with E-state index in [9.17, 15) is 9.59 Å². The van der Waals surface area contributed by atoms with Gasteiger partial charge in [0.25, 0.3) is 5.91 Å². The van der Waals surface area contributed by atoms with Gasteiger partial charge in [-0.2, -0.15) is 0 Å². The van der Waals surface area contributed by atoms with E-state index in [0.717, 1.165) is 42.5 Å². The van der Waals surface area contributed by atoms with E-state index >= 15 is 0 Å². The summed E-state index contributed by atoms with van der Waals surface area (Å²) >= 11 is 3.58. The second kappa shape index (κ2) is 10.9. The number of nitrogens with two attached hydrogens (primary N) is 1. The Morgan fingerprint density at radius 2 is 1.77 bits per heavy atom. The van der Waals surface area contributed by atoms with Gasteiger partial charge in [0.2, 0.25) is 0 Å². The summed E-state index contributed by atoms with van der Waals surface area (Å²) in [7, 11) is 2.87. The number of carbonyl (C=O) groups is 2.